The summed E-state index contributed by atoms with van der Waals surface area (Å²) in [6, 6.07) is 14.5. The van der Waals surface area contributed by atoms with E-state index in [9.17, 15) is 14.7 Å². The lowest BCUT2D eigenvalue weighted by Crippen LogP contribution is -2.31. The smallest absolute Gasteiger partial charge is 0.312 e. The molecule has 0 aliphatic carbocycles. The molecule has 0 saturated heterocycles. The fourth-order valence-corrected chi connectivity index (χ4v) is 3.20. The molecule has 0 fully saturated rings. The van der Waals surface area contributed by atoms with Gasteiger partial charge in [0.2, 0.25) is 5.91 Å². The number of para-hydroxylation sites is 1. The van der Waals surface area contributed by atoms with Gasteiger partial charge in [0, 0.05) is 18.7 Å². The van der Waals surface area contributed by atoms with Crippen molar-refractivity contribution in [3.63, 3.8) is 0 Å². The average Bonchev–Trinajstić information content (AvgIpc) is 3.07. The number of benzene rings is 2. The molecule has 1 aliphatic rings. The molecule has 0 aromatic heterocycles. The first-order valence-corrected chi connectivity index (χ1v) is 9.08. The Kier molecular flexibility index (Phi) is 5.96. The van der Waals surface area contributed by atoms with Crippen molar-refractivity contribution in [1.82, 2.24) is 0 Å². The second kappa shape index (κ2) is 8.58. The van der Waals surface area contributed by atoms with Crippen molar-refractivity contribution in [3.8, 4) is 11.5 Å². The van der Waals surface area contributed by atoms with Crippen LogP contribution in [0.3, 0.4) is 0 Å². The number of fused-ring (bicyclic) bond motifs is 1. The Morgan fingerprint density at radius 3 is 2.41 bits per heavy atom. The van der Waals surface area contributed by atoms with Gasteiger partial charge in [-0.1, -0.05) is 18.2 Å². The number of anilines is 1. The van der Waals surface area contributed by atoms with Crippen molar-refractivity contribution < 1.29 is 24.2 Å². The Morgan fingerprint density at radius 1 is 1.07 bits per heavy atom. The van der Waals surface area contributed by atoms with E-state index in [1.54, 1.807) is 23.1 Å². The topological polar surface area (TPSA) is 76.1 Å². The number of hydrogen-bond acceptors (Lipinski definition) is 4. The molecule has 1 unspecified atom stereocenters. The van der Waals surface area contributed by atoms with Crippen molar-refractivity contribution in [2.24, 2.45) is 0 Å². The Hall–Kier alpha value is -3.02. The van der Waals surface area contributed by atoms with Gasteiger partial charge in [0.15, 0.2) is 0 Å². The van der Waals surface area contributed by atoms with Crippen LogP contribution in [0.4, 0.5) is 5.69 Å². The number of carboxylic acid groups (broad SMARTS) is 1. The van der Waals surface area contributed by atoms with E-state index in [4.69, 9.17) is 9.47 Å². The normalized spacial score (nSPS) is 15.3. The zero-order chi connectivity index (χ0) is 19.2. The highest BCUT2D eigenvalue weighted by Gasteiger charge is 2.35. The lowest BCUT2D eigenvalue weighted by atomic mass is 10.0. The van der Waals surface area contributed by atoms with Crippen molar-refractivity contribution in [1.29, 1.82) is 0 Å². The summed E-state index contributed by atoms with van der Waals surface area (Å²) in [5.74, 6) is -0.132. The first kappa shape index (κ1) is 18.8. The molecule has 1 atom stereocenters. The molecule has 2 aromatic carbocycles. The molecule has 6 nitrogen and oxygen atoms in total. The van der Waals surface area contributed by atoms with Gasteiger partial charge in [0.05, 0.1) is 13.2 Å². The number of hydrogen-bond donors (Lipinski definition) is 1. The van der Waals surface area contributed by atoms with Crippen molar-refractivity contribution in [2.75, 3.05) is 24.7 Å². The minimum atomic E-state index is -0.906. The van der Waals surface area contributed by atoms with Gasteiger partial charge in [-0.2, -0.15) is 0 Å². The van der Waals surface area contributed by atoms with E-state index < -0.39 is 11.9 Å². The third-order valence-electron chi connectivity index (χ3n) is 4.51. The van der Waals surface area contributed by atoms with Gasteiger partial charge in [-0.15, -0.1) is 0 Å². The molecule has 27 heavy (non-hydrogen) atoms. The summed E-state index contributed by atoms with van der Waals surface area (Å²) >= 11 is 0. The standard InChI is InChI=1S/C21H23NO5/c1-2-26-15-9-11-16(12-10-15)27-13-5-8-20(23)22-14-18(21(24)25)17-6-3-4-7-19(17)22/h3-4,6-7,9-12,18H,2,5,8,13-14H2,1H3,(H,24,25). The van der Waals surface area contributed by atoms with E-state index in [0.29, 0.717) is 37.3 Å². The predicted octanol–water partition coefficient (Wildman–Crippen LogP) is 3.46. The zero-order valence-electron chi connectivity index (χ0n) is 15.3. The molecule has 142 valence electrons. The molecule has 0 saturated carbocycles. The summed E-state index contributed by atoms with van der Waals surface area (Å²) in [5.41, 5.74) is 1.39. The summed E-state index contributed by atoms with van der Waals surface area (Å²) in [4.78, 5) is 25.6. The van der Waals surface area contributed by atoms with Crippen LogP contribution >= 0.6 is 0 Å². The van der Waals surface area contributed by atoms with Crippen molar-refractivity contribution in [2.45, 2.75) is 25.7 Å². The molecule has 0 spiro atoms. The lowest BCUT2D eigenvalue weighted by molar-refractivity contribution is -0.138. The summed E-state index contributed by atoms with van der Waals surface area (Å²) in [6.45, 7) is 3.15. The number of rotatable bonds is 8. The Bertz CT molecular complexity index is 802. The van der Waals surface area contributed by atoms with E-state index in [1.165, 1.54) is 0 Å². The maximum Gasteiger partial charge on any atom is 0.312 e. The maximum absolute atomic E-state index is 12.6. The maximum atomic E-state index is 12.6. The molecule has 3 rings (SSSR count). The van der Waals surface area contributed by atoms with Crippen LogP contribution in [-0.2, 0) is 9.59 Å². The van der Waals surface area contributed by atoms with Gasteiger partial charge in [0.25, 0.3) is 0 Å². The quantitative estimate of drug-likeness (QED) is 0.721. The van der Waals surface area contributed by atoms with Crippen LogP contribution in [0.25, 0.3) is 0 Å². The minimum Gasteiger partial charge on any atom is -0.494 e. The third-order valence-corrected chi connectivity index (χ3v) is 4.51. The van der Waals surface area contributed by atoms with Crippen molar-refractivity contribution in [3.05, 3.63) is 54.1 Å². The van der Waals surface area contributed by atoms with Crippen LogP contribution in [0.5, 0.6) is 11.5 Å². The summed E-state index contributed by atoms with van der Waals surface area (Å²) < 4.78 is 11.0. The first-order chi connectivity index (χ1) is 13.1. The molecule has 0 radical (unpaired) electrons. The molecule has 6 heteroatoms. The van der Waals surface area contributed by atoms with E-state index in [2.05, 4.69) is 0 Å². The van der Waals surface area contributed by atoms with Gasteiger partial charge >= 0.3 is 5.97 Å². The van der Waals surface area contributed by atoms with Gasteiger partial charge < -0.3 is 19.5 Å². The largest absolute Gasteiger partial charge is 0.494 e. The number of carbonyl (C=O) groups excluding carboxylic acids is 1. The van der Waals surface area contributed by atoms with E-state index in [-0.39, 0.29) is 12.5 Å². The average molecular weight is 369 g/mol. The summed E-state index contributed by atoms with van der Waals surface area (Å²) in [5, 5.41) is 9.39. The number of carboxylic acids is 1. The van der Waals surface area contributed by atoms with Crippen LogP contribution in [0.1, 0.15) is 31.2 Å². The Morgan fingerprint density at radius 2 is 1.74 bits per heavy atom. The molecule has 1 heterocycles. The highest BCUT2D eigenvalue weighted by atomic mass is 16.5. The minimum absolute atomic E-state index is 0.0820. The van der Waals surface area contributed by atoms with Gasteiger partial charge in [0.1, 0.15) is 17.4 Å². The molecular weight excluding hydrogens is 346 g/mol. The number of aliphatic carboxylic acids is 1. The Balaban J connectivity index is 1.50. The van der Waals surface area contributed by atoms with Crippen LogP contribution in [0, 0.1) is 0 Å². The fourth-order valence-electron chi connectivity index (χ4n) is 3.20. The van der Waals surface area contributed by atoms with Crippen LogP contribution in [-0.4, -0.2) is 36.7 Å². The first-order valence-electron chi connectivity index (χ1n) is 9.08. The number of amides is 1. The van der Waals surface area contributed by atoms with E-state index in [1.807, 2.05) is 37.3 Å². The van der Waals surface area contributed by atoms with E-state index >= 15 is 0 Å². The highest BCUT2D eigenvalue weighted by molar-refractivity contribution is 5.98. The monoisotopic (exact) mass is 369 g/mol. The summed E-state index contributed by atoms with van der Waals surface area (Å²) in [7, 11) is 0. The molecule has 2 aromatic rings. The van der Waals surface area contributed by atoms with Gasteiger partial charge in [-0.3, -0.25) is 9.59 Å². The zero-order valence-corrected chi connectivity index (χ0v) is 15.3. The highest BCUT2D eigenvalue weighted by Crippen LogP contribution is 2.36. The molecule has 0 bridgehead atoms. The third kappa shape index (κ3) is 4.39. The van der Waals surface area contributed by atoms with Crippen LogP contribution in [0.15, 0.2) is 48.5 Å². The lowest BCUT2D eigenvalue weighted by Gasteiger charge is -2.17. The van der Waals surface area contributed by atoms with Gasteiger partial charge in [-0.25, -0.2) is 0 Å². The number of nitrogens with zero attached hydrogens (tertiary/aromatic N) is 1. The Labute approximate surface area is 158 Å². The van der Waals surface area contributed by atoms with Crippen molar-refractivity contribution >= 4 is 17.6 Å². The molecular formula is C21H23NO5. The second-order valence-corrected chi connectivity index (χ2v) is 6.31. The molecule has 1 N–H and O–H groups in total. The van der Waals surface area contributed by atoms with Crippen LogP contribution < -0.4 is 14.4 Å². The SMILES string of the molecule is CCOc1ccc(OCCCC(=O)N2CC(C(=O)O)c3ccccc32)cc1. The summed E-state index contributed by atoms with van der Waals surface area (Å²) in [6.07, 6.45) is 0.861. The second-order valence-electron chi connectivity index (χ2n) is 6.31. The van der Waals surface area contributed by atoms with E-state index in [0.717, 1.165) is 11.5 Å². The molecule has 1 aliphatic heterocycles. The number of ether oxygens (including phenoxy) is 2. The van der Waals surface area contributed by atoms with Crippen LogP contribution in [0.2, 0.25) is 0 Å². The predicted molar refractivity (Wildman–Crippen MR) is 102 cm³/mol. The number of carbonyl (C=O) groups is 2. The fraction of sp³-hybridized carbons (Fsp3) is 0.333. The molecule has 1 amide bonds. The van der Waals surface area contributed by atoms with Gasteiger partial charge in [-0.05, 0) is 49.2 Å².